The smallest absolute Gasteiger partial charge is 0.338 e. The van der Waals surface area contributed by atoms with Crippen LogP contribution in [0, 0.1) is 0 Å². The van der Waals surface area contributed by atoms with E-state index >= 15 is 0 Å². The second-order valence-electron chi connectivity index (χ2n) is 6.10. The minimum atomic E-state index is -0.370. The first-order valence-corrected chi connectivity index (χ1v) is 10.3. The van der Waals surface area contributed by atoms with Crippen molar-refractivity contribution in [3.63, 3.8) is 0 Å². The van der Waals surface area contributed by atoms with Gasteiger partial charge in [-0.2, -0.15) is 0 Å². The predicted molar refractivity (Wildman–Crippen MR) is 114 cm³/mol. The quantitative estimate of drug-likeness (QED) is 0.444. The summed E-state index contributed by atoms with van der Waals surface area (Å²) in [5.74, 6) is 0.289. The van der Waals surface area contributed by atoms with Gasteiger partial charge in [0.2, 0.25) is 5.91 Å². The van der Waals surface area contributed by atoms with Crippen LogP contribution in [0.5, 0.6) is 5.75 Å². The normalized spacial score (nSPS) is 10.7. The van der Waals surface area contributed by atoms with Gasteiger partial charge in [-0.25, -0.2) is 9.78 Å². The van der Waals surface area contributed by atoms with E-state index in [-0.39, 0.29) is 17.6 Å². The van der Waals surface area contributed by atoms with Crippen molar-refractivity contribution in [2.45, 2.75) is 25.5 Å². The number of rotatable bonds is 8. The zero-order valence-electron chi connectivity index (χ0n) is 16.6. The first-order chi connectivity index (χ1) is 14.1. The van der Waals surface area contributed by atoms with Gasteiger partial charge < -0.3 is 19.4 Å². The molecule has 152 valence electrons. The summed E-state index contributed by atoms with van der Waals surface area (Å²) in [4.78, 5) is 29.0. The average Bonchev–Trinajstić information content (AvgIpc) is 3.09. The standard InChI is InChI=1S/C21H23N3O4S/c1-4-24-17-11-10-14(20(26)28-5-2)12-16(17)23-21(24)29-13-19(25)22-15-8-6-7-9-18(15)27-3/h6-12H,4-5,13H2,1-3H3,(H,22,25). The van der Waals surface area contributed by atoms with E-state index in [1.807, 2.05) is 29.7 Å². The lowest BCUT2D eigenvalue weighted by Crippen LogP contribution is -2.15. The molecule has 29 heavy (non-hydrogen) atoms. The number of hydrogen-bond donors (Lipinski definition) is 1. The molecule has 0 atom stereocenters. The molecule has 0 aliphatic heterocycles. The summed E-state index contributed by atoms with van der Waals surface area (Å²) >= 11 is 1.35. The molecular formula is C21H23N3O4S. The molecule has 0 radical (unpaired) electrons. The summed E-state index contributed by atoms with van der Waals surface area (Å²) in [6, 6.07) is 12.6. The van der Waals surface area contributed by atoms with Crippen LogP contribution in [0.3, 0.4) is 0 Å². The number of esters is 1. The number of nitrogens with one attached hydrogen (secondary N) is 1. The lowest BCUT2D eigenvalue weighted by molar-refractivity contribution is -0.113. The van der Waals surface area contributed by atoms with Crippen molar-refractivity contribution in [3.05, 3.63) is 48.0 Å². The fourth-order valence-corrected chi connectivity index (χ4v) is 3.81. The van der Waals surface area contributed by atoms with Gasteiger partial charge in [0.25, 0.3) is 0 Å². The highest BCUT2D eigenvalue weighted by atomic mass is 32.2. The number of fused-ring (bicyclic) bond motifs is 1. The molecule has 7 nitrogen and oxygen atoms in total. The van der Waals surface area contributed by atoms with Gasteiger partial charge in [-0.1, -0.05) is 23.9 Å². The summed E-state index contributed by atoms with van der Waals surface area (Å²) in [6.07, 6.45) is 0. The number of nitrogens with zero attached hydrogens (tertiary/aromatic N) is 2. The molecule has 0 saturated heterocycles. The highest BCUT2D eigenvalue weighted by Gasteiger charge is 2.15. The van der Waals surface area contributed by atoms with Crippen molar-refractivity contribution in [2.24, 2.45) is 0 Å². The van der Waals surface area contributed by atoms with Crippen LogP contribution < -0.4 is 10.1 Å². The second kappa shape index (κ2) is 9.47. The summed E-state index contributed by atoms with van der Waals surface area (Å²) in [6.45, 7) is 4.81. The van der Waals surface area contributed by atoms with Crippen molar-refractivity contribution in [3.8, 4) is 5.75 Å². The number of anilines is 1. The molecule has 0 aliphatic carbocycles. The number of ether oxygens (including phenoxy) is 2. The number of benzene rings is 2. The monoisotopic (exact) mass is 413 g/mol. The van der Waals surface area contributed by atoms with Crippen LogP contribution in [0.15, 0.2) is 47.6 Å². The van der Waals surface area contributed by atoms with E-state index in [0.29, 0.717) is 35.7 Å². The van der Waals surface area contributed by atoms with Crippen molar-refractivity contribution in [2.75, 3.05) is 24.8 Å². The number of aromatic nitrogens is 2. The third-order valence-electron chi connectivity index (χ3n) is 4.25. The van der Waals surface area contributed by atoms with Gasteiger partial charge in [-0.15, -0.1) is 0 Å². The molecule has 3 rings (SSSR count). The Kier molecular flexibility index (Phi) is 6.77. The molecule has 0 saturated carbocycles. The Morgan fingerprint density at radius 2 is 1.97 bits per heavy atom. The molecule has 1 amide bonds. The lowest BCUT2D eigenvalue weighted by atomic mass is 10.2. The number of hydrogen-bond acceptors (Lipinski definition) is 6. The number of carbonyl (C=O) groups excluding carboxylic acids is 2. The molecule has 0 bridgehead atoms. The maximum Gasteiger partial charge on any atom is 0.338 e. The average molecular weight is 413 g/mol. The van der Waals surface area contributed by atoms with Crippen molar-refractivity contribution >= 4 is 40.4 Å². The van der Waals surface area contributed by atoms with Crippen LogP contribution in [0.25, 0.3) is 11.0 Å². The molecule has 1 aromatic heterocycles. The summed E-state index contributed by atoms with van der Waals surface area (Å²) in [7, 11) is 1.56. The molecule has 3 aromatic rings. The van der Waals surface area contributed by atoms with Gasteiger partial charge in [-0.05, 0) is 44.2 Å². The molecule has 0 unspecified atom stereocenters. The highest BCUT2D eigenvalue weighted by molar-refractivity contribution is 7.99. The summed E-state index contributed by atoms with van der Waals surface area (Å²) < 4.78 is 12.3. The number of imidazole rings is 1. The summed E-state index contributed by atoms with van der Waals surface area (Å²) in [5.41, 5.74) is 2.70. The largest absolute Gasteiger partial charge is 0.495 e. The van der Waals surface area contributed by atoms with E-state index in [4.69, 9.17) is 9.47 Å². The SMILES string of the molecule is CCOC(=O)c1ccc2c(c1)nc(SCC(=O)Nc1ccccc1OC)n2CC. The Bertz CT molecular complexity index is 1030. The predicted octanol–water partition coefficient (Wildman–Crippen LogP) is 3.97. The zero-order valence-corrected chi connectivity index (χ0v) is 17.4. The van der Waals surface area contributed by atoms with Crippen molar-refractivity contribution < 1.29 is 19.1 Å². The van der Waals surface area contributed by atoms with Gasteiger partial charge in [0.15, 0.2) is 5.16 Å². The first-order valence-electron chi connectivity index (χ1n) is 9.30. The molecule has 1 heterocycles. The van der Waals surface area contributed by atoms with E-state index < -0.39 is 0 Å². The topological polar surface area (TPSA) is 82.4 Å². The summed E-state index contributed by atoms with van der Waals surface area (Å²) in [5, 5.41) is 3.58. The number of aryl methyl sites for hydroxylation is 1. The number of para-hydroxylation sites is 2. The number of methoxy groups -OCH3 is 1. The highest BCUT2D eigenvalue weighted by Crippen LogP contribution is 2.27. The number of thioether (sulfide) groups is 1. The van der Waals surface area contributed by atoms with Gasteiger partial charge in [-0.3, -0.25) is 4.79 Å². The molecule has 8 heteroatoms. The van der Waals surface area contributed by atoms with Crippen LogP contribution in [-0.4, -0.2) is 40.9 Å². The van der Waals surface area contributed by atoms with Crippen LogP contribution in [0.1, 0.15) is 24.2 Å². The third kappa shape index (κ3) is 4.71. The van der Waals surface area contributed by atoms with Gasteiger partial charge >= 0.3 is 5.97 Å². The number of carbonyl (C=O) groups is 2. The zero-order chi connectivity index (χ0) is 20.8. The Labute approximate surface area is 173 Å². The number of amides is 1. The van der Waals surface area contributed by atoms with E-state index in [2.05, 4.69) is 10.3 Å². The van der Waals surface area contributed by atoms with Crippen LogP contribution in [0.4, 0.5) is 5.69 Å². The minimum absolute atomic E-state index is 0.151. The Hall–Kier alpha value is -3.00. The fourth-order valence-electron chi connectivity index (χ4n) is 2.93. The Morgan fingerprint density at radius 1 is 1.17 bits per heavy atom. The molecule has 2 aromatic carbocycles. The van der Waals surface area contributed by atoms with Crippen LogP contribution in [0.2, 0.25) is 0 Å². The van der Waals surface area contributed by atoms with E-state index in [9.17, 15) is 9.59 Å². The van der Waals surface area contributed by atoms with Crippen LogP contribution in [-0.2, 0) is 16.1 Å². The minimum Gasteiger partial charge on any atom is -0.495 e. The van der Waals surface area contributed by atoms with Gasteiger partial charge in [0.1, 0.15) is 5.75 Å². The van der Waals surface area contributed by atoms with E-state index in [0.717, 1.165) is 10.7 Å². The maximum absolute atomic E-state index is 12.4. The molecule has 0 aliphatic rings. The molecule has 1 N–H and O–H groups in total. The molecule has 0 fully saturated rings. The van der Waals surface area contributed by atoms with E-state index in [1.165, 1.54) is 11.8 Å². The molecular weight excluding hydrogens is 390 g/mol. The second-order valence-corrected chi connectivity index (χ2v) is 7.04. The van der Waals surface area contributed by atoms with Crippen molar-refractivity contribution in [1.82, 2.24) is 9.55 Å². The fraction of sp³-hybridized carbons (Fsp3) is 0.286. The van der Waals surface area contributed by atoms with E-state index in [1.54, 1.807) is 38.3 Å². The lowest BCUT2D eigenvalue weighted by Gasteiger charge is -2.10. The Morgan fingerprint density at radius 3 is 2.69 bits per heavy atom. The van der Waals surface area contributed by atoms with Gasteiger partial charge in [0, 0.05) is 6.54 Å². The van der Waals surface area contributed by atoms with Crippen LogP contribution >= 0.6 is 11.8 Å². The van der Waals surface area contributed by atoms with Crippen molar-refractivity contribution in [1.29, 1.82) is 0 Å². The Balaban J connectivity index is 1.75. The maximum atomic E-state index is 12.4. The third-order valence-corrected chi connectivity index (χ3v) is 5.23. The van der Waals surface area contributed by atoms with Gasteiger partial charge in [0.05, 0.1) is 41.8 Å². The molecule has 0 spiro atoms. The first kappa shape index (κ1) is 20.7.